The van der Waals surface area contributed by atoms with Crippen LogP contribution in [0.2, 0.25) is 0 Å². The maximum atomic E-state index is 3.66. The zero-order valence-corrected chi connectivity index (χ0v) is 4.86. The van der Waals surface area contributed by atoms with Gasteiger partial charge < -0.3 is 5.32 Å². The molecule has 0 aromatic rings. The van der Waals surface area contributed by atoms with Crippen LogP contribution in [0.1, 0.15) is 6.92 Å². The highest BCUT2D eigenvalue weighted by atomic mass is 14.8. The van der Waals surface area contributed by atoms with Gasteiger partial charge in [-0.05, 0) is 13.0 Å². The predicted molar refractivity (Wildman–Crippen MR) is 33.0 cm³/mol. The molecule has 0 fully saturated rings. The van der Waals surface area contributed by atoms with Gasteiger partial charge in [-0.1, -0.05) is 12.7 Å². The quantitative estimate of drug-likeness (QED) is 0.512. The highest BCUT2D eigenvalue weighted by molar-refractivity contribution is 5.09. The Bertz CT molecular complexity index is 82.2. The summed E-state index contributed by atoms with van der Waals surface area (Å²) in [6, 6.07) is 0. The number of allylic oxidation sites excluding steroid dienone is 2. The fraction of sp³-hybridized carbons (Fsp3) is 0.333. The summed E-state index contributed by atoms with van der Waals surface area (Å²) in [5, 5.41) is 2.88. The van der Waals surface area contributed by atoms with Crippen LogP contribution < -0.4 is 5.32 Å². The summed E-state index contributed by atoms with van der Waals surface area (Å²) in [5.74, 6) is 0. The molecule has 0 aliphatic heterocycles. The molecule has 1 N–H and O–H groups in total. The van der Waals surface area contributed by atoms with Gasteiger partial charge in [-0.3, -0.25) is 0 Å². The second-order valence-corrected chi connectivity index (χ2v) is 1.28. The highest BCUT2D eigenvalue weighted by Crippen LogP contribution is 1.81. The van der Waals surface area contributed by atoms with Crippen molar-refractivity contribution in [3.8, 4) is 0 Å². The van der Waals surface area contributed by atoms with E-state index in [4.69, 9.17) is 0 Å². The molecular weight excluding hydrogens is 86.1 g/mol. The molecule has 0 spiro atoms. The van der Waals surface area contributed by atoms with Crippen molar-refractivity contribution < 1.29 is 0 Å². The Labute approximate surface area is 44.7 Å². The molecule has 0 aromatic heterocycles. The first kappa shape index (κ1) is 6.28. The summed E-state index contributed by atoms with van der Waals surface area (Å²) in [7, 11) is 1.85. The van der Waals surface area contributed by atoms with Crippen molar-refractivity contribution in [1.82, 2.24) is 5.32 Å². The first-order valence-electron chi connectivity index (χ1n) is 2.30. The molecule has 7 heavy (non-hydrogen) atoms. The lowest BCUT2D eigenvalue weighted by Gasteiger charge is -1.91. The van der Waals surface area contributed by atoms with Gasteiger partial charge in [0.25, 0.3) is 0 Å². The molecule has 1 nitrogen and oxygen atoms in total. The van der Waals surface area contributed by atoms with Crippen molar-refractivity contribution in [1.29, 1.82) is 0 Å². The lowest BCUT2D eigenvalue weighted by Crippen LogP contribution is -1.99. The molecule has 0 heterocycles. The molecule has 0 aliphatic carbocycles. The van der Waals surface area contributed by atoms with Gasteiger partial charge in [0.05, 0.1) is 0 Å². The molecule has 0 saturated carbocycles. The minimum Gasteiger partial charge on any atom is -0.389 e. The van der Waals surface area contributed by atoms with Crippen molar-refractivity contribution in [3.63, 3.8) is 0 Å². The van der Waals surface area contributed by atoms with E-state index in [2.05, 4.69) is 11.9 Å². The standard InChI is InChI=1S/C6H11N/c1-4-5-6(2)7-3/h4-5,7H,2H2,1,3H3/b5-4+. The largest absolute Gasteiger partial charge is 0.389 e. The van der Waals surface area contributed by atoms with E-state index in [9.17, 15) is 0 Å². The number of likely N-dealkylation sites (N-methyl/N-ethyl adjacent to an activating group) is 1. The van der Waals surface area contributed by atoms with Gasteiger partial charge in [-0.2, -0.15) is 0 Å². The summed E-state index contributed by atoms with van der Waals surface area (Å²) in [6.45, 7) is 5.63. The van der Waals surface area contributed by atoms with Crippen LogP contribution in [-0.2, 0) is 0 Å². The molecule has 0 rings (SSSR count). The number of hydrogen-bond acceptors (Lipinski definition) is 1. The van der Waals surface area contributed by atoms with Gasteiger partial charge in [0.1, 0.15) is 0 Å². The third kappa shape index (κ3) is 3.10. The monoisotopic (exact) mass is 97.1 g/mol. The van der Waals surface area contributed by atoms with Crippen LogP contribution in [0.4, 0.5) is 0 Å². The van der Waals surface area contributed by atoms with Crippen molar-refractivity contribution in [2.45, 2.75) is 6.92 Å². The van der Waals surface area contributed by atoms with E-state index < -0.39 is 0 Å². The third-order valence-electron chi connectivity index (χ3n) is 0.689. The van der Waals surface area contributed by atoms with Gasteiger partial charge in [0.15, 0.2) is 0 Å². The van der Waals surface area contributed by atoms with E-state index in [1.54, 1.807) is 0 Å². The normalized spacial score (nSPS) is 9.43. The van der Waals surface area contributed by atoms with Crippen LogP contribution in [0.25, 0.3) is 0 Å². The highest BCUT2D eigenvalue weighted by Gasteiger charge is 1.71. The molecule has 0 radical (unpaired) electrons. The Morgan fingerprint density at radius 3 is 2.43 bits per heavy atom. The Morgan fingerprint density at radius 1 is 1.71 bits per heavy atom. The number of hydrogen-bond donors (Lipinski definition) is 1. The maximum absolute atomic E-state index is 3.66. The number of nitrogens with one attached hydrogen (secondary N) is 1. The Hall–Kier alpha value is -0.720. The summed E-state index contributed by atoms with van der Waals surface area (Å²) in [4.78, 5) is 0. The van der Waals surface area contributed by atoms with Crippen molar-refractivity contribution in [2.24, 2.45) is 0 Å². The van der Waals surface area contributed by atoms with E-state index in [1.165, 1.54) is 0 Å². The van der Waals surface area contributed by atoms with Crippen LogP contribution in [0.15, 0.2) is 24.4 Å². The average molecular weight is 97.2 g/mol. The molecule has 0 bridgehead atoms. The molecule has 0 saturated heterocycles. The van der Waals surface area contributed by atoms with Gasteiger partial charge in [0.2, 0.25) is 0 Å². The zero-order valence-electron chi connectivity index (χ0n) is 4.86. The Kier molecular flexibility index (Phi) is 3.11. The van der Waals surface area contributed by atoms with Crippen molar-refractivity contribution in [2.75, 3.05) is 7.05 Å². The van der Waals surface area contributed by atoms with Crippen molar-refractivity contribution >= 4 is 0 Å². The van der Waals surface area contributed by atoms with E-state index in [0.29, 0.717) is 0 Å². The summed E-state index contributed by atoms with van der Waals surface area (Å²) in [5.41, 5.74) is 0.947. The fourth-order valence-corrected chi connectivity index (χ4v) is 0.285. The third-order valence-corrected chi connectivity index (χ3v) is 0.689. The van der Waals surface area contributed by atoms with Gasteiger partial charge in [0, 0.05) is 12.7 Å². The average Bonchev–Trinajstić information content (AvgIpc) is 1.68. The Balaban J connectivity index is 3.37. The Morgan fingerprint density at radius 2 is 2.29 bits per heavy atom. The molecule has 1 heteroatoms. The minimum atomic E-state index is 0.947. The zero-order chi connectivity index (χ0) is 5.70. The molecule has 0 aromatic carbocycles. The van der Waals surface area contributed by atoms with E-state index in [-0.39, 0.29) is 0 Å². The van der Waals surface area contributed by atoms with Gasteiger partial charge >= 0.3 is 0 Å². The molecule has 0 unspecified atom stereocenters. The van der Waals surface area contributed by atoms with Gasteiger partial charge in [-0.25, -0.2) is 0 Å². The summed E-state index contributed by atoms with van der Waals surface area (Å²) < 4.78 is 0. The van der Waals surface area contributed by atoms with Gasteiger partial charge in [-0.15, -0.1) is 0 Å². The summed E-state index contributed by atoms with van der Waals surface area (Å²) >= 11 is 0. The molecule has 0 aliphatic rings. The van der Waals surface area contributed by atoms with E-state index in [0.717, 1.165) is 5.70 Å². The van der Waals surface area contributed by atoms with Crippen LogP contribution in [-0.4, -0.2) is 7.05 Å². The first-order chi connectivity index (χ1) is 3.31. The van der Waals surface area contributed by atoms with Crippen LogP contribution in [0, 0.1) is 0 Å². The van der Waals surface area contributed by atoms with Crippen LogP contribution in [0.3, 0.4) is 0 Å². The SMILES string of the molecule is C=C(/C=C/C)NC. The molecular formula is C6H11N. The second kappa shape index (κ2) is 3.47. The van der Waals surface area contributed by atoms with Crippen LogP contribution in [0.5, 0.6) is 0 Å². The molecule has 0 atom stereocenters. The first-order valence-corrected chi connectivity index (χ1v) is 2.30. The minimum absolute atomic E-state index is 0.947. The summed E-state index contributed by atoms with van der Waals surface area (Å²) in [6.07, 6.45) is 3.86. The topological polar surface area (TPSA) is 12.0 Å². The lowest BCUT2D eigenvalue weighted by molar-refractivity contribution is 1.04. The molecule has 0 amide bonds. The molecule has 40 valence electrons. The predicted octanol–water partition coefficient (Wildman–Crippen LogP) is 1.30. The second-order valence-electron chi connectivity index (χ2n) is 1.28. The smallest absolute Gasteiger partial charge is 0.0261 e. The fourth-order valence-electron chi connectivity index (χ4n) is 0.285. The van der Waals surface area contributed by atoms with Crippen LogP contribution >= 0.6 is 0 Å². The van der Waals surface area contributed by atoms with E-state index >= 15 is 0 Å². The lowest BCUT2D eigenvalue weighted by atomic mass is 10.4. The number of rotatable bonds is 2. The van der Waals surface area contributed by atoms with Crippen molar-refractivity contribution in [3.05, 3.63) is 24.4 Å². The maximum Gasteiger partial charge on any atom is 0.0261 e. The van der Waals surface area contributed by atoms with E-state index in [1.807, 2.05) is 26.1 Å².